The lowest BCUT2D eigenvalue weighted by molar-refractivity contribution is -0.117. The van der Waals surface area contributed by atoms with Crippen LogP contribution in [0.5, 0.6) is 0 Å². The minimum absolute atomic E-state index is 0.00859. The maximum atomic E-state index is 12.3. The Morgan fingerprint density at radius 3 is 2.53 bits per heavy atom. The number of anilines is 1. The van der Waals surface area contributed by atoms with E-state index < -0.39 is 4.32 Å². The number of amides is 1. The molecule has 1 aliphatic rings. The zero-order valence-electron chi connectivity index (χ0n) is 10.6. The van der Waals surface area contributed by atoms with E-state index in [0.717, 1.165) is 16.8 Å². The molecule has 0 saturated carbocycles. The monoisotopic (exact) mass is 315 g/mol. The first kappa shape index (κ1) is 12.4. The molecule has 1 unspecified atom stereocenters. The number of carbonyl (C=O) groups is 1. The minimum atomic E-state index is -0.654. The van der Waals surface area contributed by atoms with E-state index in [9.17, 15) is 4.79 Å². The van der Waals surface area contributed by atoms with Gasteiger partial charge in [-0.3, -0.25) is 4.79 Å². The molecule has 2 aromatic rings. The first-order chi connectivity index (χ1) is 9.09. The number of aryl methyl sites for hydroxylation is 1. The SMILES string of the molecule is Cc1ccc(CC2(Br)C(=O)Nc3ccccc32)cc1. The average molecular weight is 316 g/mol. The number of hydrogen-bond donors (Lipinski definition) is 1. The average Bonchev–Trinajstić information content (AvgIpc) is 2.65. The van der Waals surface area contributed by atoms with Crippen molar-refractivity contribution < 1.29 is 4.79 Å². The quantitative estimate of drug-likeness (QED) is 0.840. The highest BCUT2D eigenvalue weighted by Crippen LogP contribution is 2.44. The van der Waals surface area contributed by atoms with E-state index in [1.54, 1.807) is 0 Å². The van der Waals surface area contributed by atoms with Crippen molar-refractivity contribution >= 4 is 27.5 Å². The number of benzene rings is 2. The molecular weight excluding hydrogens is 302 g/mol. The Labute approximate surface area is 121 Å². The Balaban J connectivity index is 1.99. The van der Waals surface area contributed by atoms with Crippen LogP contribution in [-0.4, -0.2) is 5.91 Å². The first-order valence-corrected chi connectivity index (χ1v) is 7.04. The first-order valence-electron chi connectivity index (χ1n) is 6.25. The van der Waals surface area contributed by atoms with Gasteiger partial charge in [0.1, 0.15) is 4.32 Å². The van der Waals surface area contributed by atoms with Gasteiger partial charge in [0.2, 0.25) is 5.91 Å². The summed E-state index contributed by atoms with van der Waals surface area (Å²) >= 11 is 3.65. The smallest absolute Gasteiger partial charge is 0.246 e. The molecule has 3 rings (SSSR count). The van der Waals surface area contributed by atoms with E-state index in [1.807, 2.05) is 24.3 Å². The largest absolute Gasteiger partial charge is 0.324 e. The van der Waals surface area contributed by atoms with Gasteiger partial charge in [-0.05, 0) is 18.6 Å². The summed E-state index contributed by atoms with van der Waals surface area (Å²) < 4.78 is -0.654. The molecule has 96 valence electrons. The minimum Gasteiger partial charge on any atom is -0.324 e. The van der Waals surface area contributed by atoms with Crippen LogP contribution in [0.2, 0.25) is 0 Å². The Kier molecular flexibility index (Phi) is 2.94. The molecule has 19 heavy (non-hydrogen) atoms. The Morgan fingerprint density at radius 1 is 1.11 bits per heavy atom. The lowest BCUT2D eigenvalue weighted by Crippen LogP contribution is -2.30. The van der Waals surface area contributed by atoms with Crippen molar-refractivity contribution in [2.24, 2.45) is 0 Å². The van der Waals surface area contributed by atoms with E-state index in [0.29, 0.717) is 6.42 Å². The molecule has 2 nitrogen and oxygen atoms in total. The summed E-state index contributed by atoms with van der Waals surface area (Å²) in [5.74, 6) is 0.00859. The molecular formula is C16H14BrNO. The van der Waals surface area contributed by atoms with E-state index in [4.69, 9.17) is 0 Å². The molecule has 0 fully saturated rings. The zero-order chi connectivity index (χ0) is 13.5. The maximum absolute atomic E-state index is 12.3. The van der Waals surface area contributed by atoms with Crippen molar-refractivity contribution in [3.05, 3.63) is 65.2 Å². The molecule has 1 atom stereocenters. The van der Waals surface area contributed by atoms with Crippen molar-refractivity contribution in [1.82, 2.24) is 0 Å². The topological polar surface area (TPSA) is 29.1 Å². The summed E-state index contributed by atoms with van der Waals surface area (Å²) in [6.07, 6.45) is 0.649. The number of fused-ring (bicyclic) bond motifs is 1. The van der Waals surface area contributed by atoms with Crippen LogP contribution < -0.4 is 5.32 Å². The van der Waals surface area contributed by atoms with E-state index in [-0.39, 0.29) is 5.91 Å². The van der Waals surface area contributed by atoms with E-state index >= 15 is 0 Å². The lowest BCUT2D eigenvalue weighted by atomic mass is 9.92. The maximum Gasteiger partial charge on any atom is 0.246 e. The van der Waals surface area contributed by atoms with Crippen molar-refractivity contribution in [2.75, 3.05) is 5.32 Å². The highest BCUT2D eigenvalue weighted by molar-refractivity contribution is 9.10. The van der Waals surface area contributed by atoms with Crippen molar-refractivity contribution in [2.45, 2.75) is 17.7 Å². The number of nitrogens with one attached hydrogen (secondary N) is 1. The molecule has 0 aromatic heterocycles. The van der Waals surface area contributed by atoms with Crippen LogP contribution in [0, 0.1) is 6.92 Å². The third kappa shape index (κ3) is 2.08. The van der Waals surface area contributed by atoms with Crippen LogP contribution in [0.15, 0.2) is 48.5 Å². The van der Waals surface area contributed by atoms with Gasteiger partial charge in [-0.1, -0.05) is 64.0 Å². The molecule has 0 aliphatic carbocycles. The molecule has 3 heteroatoms. The molecule has 1 amide bonds. The fourth-order valence-electron chi connectivity index (χ4n) is 2.44. The van der Waals surface area contributed by atoms with Crippen LogP contribution >= 0.6 is 15.9 Å². The fraction of sp³-hybridized carbons (Fsp3) is 0.188. The predicted molar refractivity (Wildman–Crippen MR) is 80.6 cm³/mol. The molecule has 2 aromatic carbocycles. The second-order valence-electron chi connectivity index (χ2n) is 4.96. The highest BCUT2D eigenvalue weighted by atomic mass is 79.9. The van der Waals surface area contributed by atoms with Crippen molar-refractivity contribution in [1.29, 1.82) is 0 Å². The lowest BCUT2D eigenvalue weighted by Gasteiger charge is -2.20. The standard InChI is InChI=1S/C16H14BrNO/c1-11-6-8-12(9-7-11)10-16(17)13-4-2-3-5-14(13)18-15(16)19/h2-9H,10H2,1H3,(H,18,19). The third-order valence-electron chi connectivity index (χ3n) is 3.53. The summed E-state index contributed by atoms with van der Waals surface area (Å²) in [4.78, 5) is 12.3. The van der Waals surface area contributed by atoms with Gasteiger partial charge in [0, 0.05) is 17.7 Å². The normalized spacial score (nSPS) is 21.1. The van der Waals surface area contributed by atoms with Gasteiger partial charge in [-0.2, -0.15) is 0 Å². The Morgan fingerprint density at radius 2 is 1.79 bits per heavy atom. The number of carbonyl (C=O) groups excluding carboxylic acids is 1. The van der Waals surface area contributed by atoms with Gasteiger partial charge in [-0.15, -0.1) is 0 Å². The molecule has 1 N–H and O–H groups in total. The molecule has 0 saturated heterocycles. The molecule has 0 radical (unpaired) electrons. The second kappa shape index (κ2) is 4.49. The van der Waals surface area contributed by atoms with E-state index in [1.165, 1.54) is 5.56 Å². The number of para-hydroxylation sites is 1. The van der Waals surface area contributed by atoms with Crippen LogP contribution in [0.4, 0.5) is 5.69 Å². The van der Waals surface area contributed by atoms with Gasteiger partial charge in [0.05, 0.1) is 0 Å². The number of hydrogen-bond acceptors (Lipinski definition) is 1. The van der Waals surface area contributed by atoms with Gasteiger partial charge >= 0.3 is 0 Å². The van der Waals surface area contributed by atoms with Gasteiger partial charge in [0.15, 0.2) is 0 Å². The van der Waals surface area contributed by atoms with Gasteiger partial charge < -0.3 is 5.32 Å². The molecule has 0 spiro atoms. The summed E-state index contributed by atoms with van der Waals surface area (Å²) in [5, 5.41) is 2.93. The summed E-state index contributed by atoms with van der Waals surface area (Å²) in [7, 11) is 0. The molecule has 0 bridgehead atoms. The summed E-state index contributed by atoms with van der Waals surface area (Å²) in [6.45, 7) is 2.06. The predicted octanol–water partition coefficient (Wildman–Crippen LogP) is 3.78. The zero-order valence-corrected chi connectivity index (χ0v) is 12.2. The van der Waals surface area contributed by atoms with Crippen molar-refractivity contribution in [3.8, 4) is 0 Å². The van der Waals surface area contributed by atoms with E-state index in [2.05, 4.69) is 52.4 Å². The highest BCUT2D eigenvalue weighted by Gasteiger charge is 2.44. The Hall–Kier alpha value is -1.61. The number of alkyl halides is 1. The fourth-order valence-corrected chi connectivity index (χ4v) is 3.21. The summed E-state index contributed by atoms with van der Waals surface area (Å²) in [5.41, 5.74) is 4.29. The molecule has 1 heterocycles. The van der Waals surface area contributed by atoms with Gasteiger partial charge in [0.25, 0.3) is 0 Å². The summed E-state index contributed by atoms with van der Waals surface area (Å²) in [6, 6.07) is 16.1. The van der Waals surface area contributed by atoms with Gasteiger partial charge in [-0.25, -0.2) is 0 Å². The van der Waals surface area contributed by atoms with Crippen LogP contribution in [0.1, 0.15) is 16.7 Å². The number of rotatable bonds is 2. The van der Waals surface area contributed by atoms with Crippen LogP contribution in [0.25, 0.3) is 0 Å². The van der Waals surface area contributed by atoms with Crippen LogP contribution in [-0.2, 0) is 15.5 Å². The molecule has 1 aliphatic heterocycles. The van der Waals surface area contributed by atoms with Crippen LogP contribution in [0.3, 0.4) is 0 Å². The second-order valence-corrected chi connectivity index (χ2v) is 6.32. The third-order valence-corrected chi connectivity index (χ3v) is 4.60. The number of halogens is 1. The Bertz CT molecular complexity index is 635. The van der Waals surface area contributed by atoms with Crippen molar-refractivity contribution in [3.63, 3.8) is 0 Å².